The van der Waals surface area contributed by atoms with Crippen molar-refractivity contribution < 1.29 is 19.0 Å². The topological polar surface area (TPSA) is 48.0 Å². The molecule has 0 saturated carbocycles. The van der Waals surface area contributed by atoms with Crippen LogP contribution in [0.15, 0.2) is 42.5 Å². The minimum atomic E-state index is -1.29. The van der Waals surface area contributed by atoms with Crippen molar-refractivity contribution in [3.63, 3.8) is 0 Å². The summed E-state index contributed by atoms with van der Waals surface area (Å²) < 4.78 is 17.8. The molecule has 1 fully saturated rings. The number of benzene rings is 2. The number of amides is 1. The molecule has 2 aliphatic heterocycles. The summed E-state index contributed by atoms with van der Waals surface area (Å²) in [6.45, 7) is 6.13. The van der Waals surface area contributed by atoms with Gasteiger partial charge in [0.1, 0.15) is 12.4 Å². The van der Waals surface area contributed by atoms with E-state index in [1.54, 1.807) is 4.90 Å². The van der Waals surface area contributed by atoms with Gasteiger partial charge in [-0.3, -0.25) is 4.79 Å². The monoisotopic (exact) mass is 395 g/mol. The fourth-order valence-electron chi connectivity index (χ4n) is 3.94. The van der Waals surface area contributed by atoms with Gasteiger partial charge in [0.25, 0.3) is 11.7 Å². The number of nitrogens with zero attached hydrogens (tertiary/aromatic N) is 1. The number of rotatable bonds is 7. The van der Waals surface area contributed by atoms with Crippen molar-refractivity contribution in [3.8, 4) is 5.75 Å². The Morgan fingerprint density at radius 3 is 2.59 bits per heavy atom. The first-order valence-corrected chi connectivity index (χ1v) is 10.6. The highest BCUT2D eigenvalue weighted by Gasteiger charge is 2.54. The molecule has 0 atom stereocenters. The van der Waals surface area contributed by atoms with Crippen LogP contribution in [0.25, 0.3) is 0 Å². The van der Waals surface area contributed by atoms with Crippen LogP contribution >= 0.6 is 0 Å². The summed E-state index contributed by atoms with van der Waals surface area (Å²) in [7, 11) is 0. The Morgan fingerprint density at radius 1 is 1.10 bits per heavy atom. The van der Waals surface area contributed by atoms with E-state index < -0.39 is 5.79 Å². The second-order valence-electron chi connectivity index (χ2n) is 7.74. The maximum atomic E-state index is 13.4. The average molecular weight is 395 g/mol. The van der Waals surface area contributed by atoms with Crippen molar-refractivity contribution in [2.24, 2.45) is 0 Å². The van der Waals surface area contributed by atoms with E-state index in [2.05, 4.69) is 19.1 Å². The van der Waals surface area contributed by atoms with Gasteiger partial charge in [-0.15, -0.1) is 0 Å². The molecular formula is C24H29NO4. The Balaban J connectivity index is 1.55. The van der Waals surface area contributed by atoms with Crippen LogP contribution < -0.4 is 9.64 Å². The molecule has 0 N–H and O–H groups in total. The minimum Gasteiger partial charge on any atom is -0.492 e. The Hall–Kier alpha value is -2.37. The van der Waals surface area contributed by atoms with Gasteiger partial charge in [0, 0.05) is 5.56 Å². The number of hydrogen-bond donors (Lipinski definition) is 0. The SMILES string of the molecule is CCCCc1ccc2c(c1)C1(OCCCO1)C(=O)N2CCOc1ccc(C)cc1. The number of aryl methyl sites for hydroxylation is 2. The first kappa shape index (κ1) is 19.9. The number of unbranched alkanes of at least 4 members (excludes halogenated alkanes) is 1. The zero-order valence-electron chi connectivity index (χ0n) is 17.3. The highest BCUT2D eigenvalue weighted by atomic mass is 16.7. The summed E-state index contributed by atoms with van der Waals surface area (Å²) in [6, 6.07) is 14.2. The molecule has 0 radical (unpaired) electrons. The van der Waals surface area contributed by atoms with Crippen molar-refractivity contribution in [2.75, 3.05) is 31.3 Å². The third-order valence-electron chi connectivity index (χ3n) is 5.56. The molecule has 0 unspecified atom stereocenters. The summed E-state index contributed by atoms with van der Waals surface area (Å²) >= 11 is 0. The minimum absolute atomic E-state index is 0.146. The Kier molecular flexibility index (Phi) is 5.88. The van der Waals surface area contributed by atoms with Gasteiger partial charge in [-0.05, 0) is 56.0 Å². The van der Waals surface area contributed by atoms with E-state index in [-0.39, 0.29) is 5.91 Å². The van der Waals surface area contributed by atoms with Gasteiger partial charge in [-0.2, -0.15) is 0 Å². The number of anilines is 1. The molecule has 5 heteroatoms. The number of carbonyl (C=O) groups excluding carboxylic acids is 1. The molecule has 0 aromatic heterocycles. The zero-order chi connectivity index (χ0) is 20.3. The van der Waals surface area contributed by atoms with Crippen LogP contribution in [0.4, 0.5) is 5.69 Å². The van der Waals surface area contributed by atoms with Crippen LogP contribution in [0, 0.1) is 6.92 Å². The summed E-state index contributed by atoms with van der Waals surface area (Å²) in [5, 5.41) is 0. The van der Waals surface area contributed by atoms with Gasteiger partial charge in [0.05, 0.1) is 25.4 Å². The van der Waals surface area contributed by atoms with E-state index in [1.165, 1.54) is 11.1 Å². The molecule has 5 nitrogen and oxygen atoms in total. The normalized spacial score (nSPS) is 17.6. The summed E-state index contributed by atoms with van der Waals surface area (Å²) in [5.74, 6) is -0.635. The highest BCUT2D eigenvalue weighted by molar-refractivity contribution is 6.06. The first-order chi connectivity index (χ1) is 14.1. The van der Waals surface area contributed by atoms with E-state index in [0.717, 1.165) is 42.7 Å². The molecule has 4 rings (SSSR count). The molecule has 2 aliphatic rings. The molecule has 2 aromatic rings. The summed E-state index contributed by atoms with van der Waals surface area (Å²) in [4.78, 5) is 15.1. The molecule has 2 aromatic carbocycles. The largest absolute Gasteiger partial charge is 0.492 e. The zero-order valence-corrected chi connectivity index (χ0v) is 17.3. The Morgan fingerprint density at radius 2 is 1.86 bits per heavy atom. The second-order valence-corrected chi connectivity index (χ2v) is 7.74. The smallest absolute Gasteiger partial charge is 0.292 e. The van der Waals surface area contributed by atoms with Crippen LogP contribution in [-0.4, -0.2) is 32.3 Å². The third kappa shape index (κ3) is 3.89. The van der Waals surface area contributed by atoms with E-state index in [9.17, 15) is 4.79 Å². The van der Waals surface area contributed by atoms with Crippen LogP contribution in [0.2, 0.25) is 0 Å². The average Bonchev–Trinajstić information content (AvgIpc) is 2.96. The van der Waals surface area contributed by atoms with Gasteiger partial charge in [-0.25, -0.2) is 0 Å². The molecule has 2 heterocycles. The lowest BCUT2D eigenvalue weighted by atomic mass is 10.00. The number of fused-ring (bicyclic) bond motifs is 2. The van der Waals surface area contributed by atoms with E-state index >= 15 is 0 Å². The quantitative estimate of drug-likeness (QED) is 0.699. The molecule has 1 saturated heterocycles. The van der Waals surface area contributed by atoms with Crippen molar-refractivity contribution >= 4 is 11.6 Å². The van der Waals surface area contributed by atoms with Gasteiger partial charge in [0.15, 0.2) is 0 Å². The Labute approximate surface area is 172 Å². The van der Waals surface area contributed by atoms with E-state index in [1.807, 2.05) is 37.3 Å². The summed E-state index contributed by atoms with van der Waals surface area (Å²) in [6.07, 6.45) is 4.05. The predicted molar refractivity (Wildman–Crippen MR) is 112 cm³/mol. The van der Waals surface area contributed by atoms with Crippen molar-refractivity contribution in [1.29, 1.82) is 0 Å². The van der Waals surface area contributed by atoms with Gasteiger partial charge in [0.2, 0.25) is 0 Å². The third-order valence-corrected chi connectivity index (χ3v) is 5.56. The number of hydrogen-bond acceptors (Lipinski definition) is 4. The van der Waals surface area contributed by atoms with Crippen molar-refractivity contribution in [2.45, 2.75) is 45.3 Å². The highest BCUT2D eigenvalue weighted by Crippen LogP contribution is 2.45. The van der Waals surface area contributed by atoms with Crippen molar-refractivity contribution in [1.82, 2.24) is 0 Å². The van der Waals surface area contributed by atoms with Crippen molar-refractivity contribution in [3.05, 3.63) is 59.2 Å². The number of carbonyl (C=O) groups is 1. The molecule has 1 spiro atoms. The molecular weight excluding hydrogens is 366 g/mol. The predicted octanol–water partition coefficient (Wildman–Crippen LogP) is 4.35. The second kappa shape index (κ2) is 8.56. The van der Waals surface area contributed by atoms with Gasteiger partial charge >= 0.3 is 0 Å². The van der Waals surface area contributed by atoms with E-state index in [4.69, 9.17) is 14.2 Å². The fourth-order valence-corrected chi connectivity index (χ4v) is 3.94. The summed E-state index contributed by atoms with van der Waals surface area (Å²) in [5.41, 5.74) is 4.11. The molecule has 0 bridgehead atoms. The maximum absolute atomic E-state index is 13.4. The Bertz CT molecular complexity index is 856. The van der Waals surface area contributed by atoms with Crippen LogP contribution in [0.3, 0.4) is 0 Å². The standard InChI is InChI=1S/C24H29NO4/c1-3-4-6-19-9-12-22-21(17-19)24(28-14-5-15-29-24)23(26)25(22)13-16-27-20-10-7-18(2)8-11-20/h7-12,17H,3-6,13-16H2,1-2H3. The molecule has 1 amide bonds. The van der Waals surface area contributed by atoms with Crippen LogP contribution in [-0.2, 0) is 26.5 Å². The fraction of sp³-hybridized carbons (Fsp3) is 0.458. The van der Waals surface area contributed by atoms with Crippen LogP contribution in [0.1, 0.15) is 42.9 Å². The van der Waals surface area contributed by atoms with Crippen LogP contribution in [0.5, 0.6) is 5.75 Å². The molecule has 0 aliphatic carbocycles. The lowest BCUT2D eigenvalue weighted by molar-refractivity contribution is -0.256. The number of ether oxygens (including phenoxy) is 3. The van der Waals surface area contributed by atoms with Gasteiger partial charge in [-0.1, -0.05) is 37.1 Å². The molecule has 154 valence electrons. The molecule has 29 heavy (non-hydrogen) atoms. The van der Waals surface area contributed by atoms with E-state index in [0.29, 0.717) is 26.4 Å². The lowest BCUT2D eigenvalue weighted by Crippen LogP contribution is -2.48. The van der Waals surface area contributed by atoms with Gasteiger partial charge < -0.3 is 19.1 Å². The maximum Gasteiger partial charge on any atom is 0.292 e. The lowest BCUT2D eigenvalue weighted by Gasteiger charge is -2.32. The first-order valence-electron chi connectivity index (χ1n) is 10.6.